The second-order valence-corrected chi connectivity index (χ2v) is 5.25. The van der Waals surface area contributed by atoms with Crippen molar-refractivity contribution in [1.29, 1.82) is 0 Å². The molecule has 0 saturated heterocycles. The Kier molecular flexibility index (Phi) is 7.32. The summed E-state index contributed by atoms with van der Waals surface area (Å²) in [6, 6.07) is 0. The van der Waals surface area contributed by atoms with E-state index in [1.807, 2.05) is 43.0 Å². The summed E-state index contributed by atoms with van der Waals surface area (Å²) in [7, 11) is 2.21. The number of allylic oxidation sites excluding steroid dienone is 5. The van der Waals surface area contributed by atoms with Gasteiger partial charge in [-0.15, -0.1) is 0 Å². The van der Waals surface area contributed by atoms with Crippen LogP contribution in [0.5, 0.6) is 0 Å². The third-order valence-electron chi connectivity index (χ3n) is 1.68. The third-order valence-corrected chi connectivity index (χ3v) is 3.99. The lowest BCUT2D eigenvalue weighted by Gasteiger charge is -2.19. The van der Waals surface area contributed by atoms with Gasteiger partial charge in [-0.1, -0.05) is 30.4 Å². The molecule has 0 aliphatic rings. The Bertz CT molecular complexity index is 209. The second kappa shape index (κ2) is 7.70. The van der Waals surface area contributed by atoms with E-state index < -0.39 is 8.80 Å². The van der Waals surface area contributed by atoms with Crippen LogP contribution in [0, 0.1) is 0 Å². The lowest BCUT2D eigenvalue weighted by atomic mass is 10.4. The van der Waals surface area contributed by atoms with Crippen molar-refractivity contribution >= 4 is 8.80 Å². The molecule has 0 saturated carbocycles. The first-order chi connectivity index (χ1) is 6.74. The molecule has 0 amide bonds. The van der Waals surface area contributed by atoms with Gasteiger partial charge in [0.1, 0.15) is 0 Å². The van der Waals surface area contributed by atoms with E-state index in [1.54, 1.807) is 21.3 Å². The predicted octanol–water partition coefficient (Wildman–Crippen LogP) is 2.09. The van der Waals surface area contributed by atoms with Gasteiger partial charge in [-0.25, -0.2) is 0 Å². The summed E-state index contributed by atoms with van der Waals surface area (Å²) >= 11 is 0. The molecule has 0 atom stereocenters. The van der Waals surface area contributed by atoms with Gasteiger partial charge >= 0.3 is 8.80 Å². The van der Waals surface area contributed by atoms with Gasteiger partial charge in [-0.2, -0.15) is 0 Å². The fraction of sp³-hybridized carbons (Fsp3) is 0.400. The minimum Gasteiger partial charge on any atom is -0.374 e. The summed E-state index contributed by atoms with van der Waals surface area (Å²) in [5, 5.41) is 0. The highest BCUT2D eigenvalue weighted by Gasteiger charge is 2.33. The fourth-order valence-corrected chi connectivity index (χ4v) is 2.12. The average molecular weight is 214 g/mol. The first kappa shape index (κ1) is 13.3. The zero-order chi connectivity index (χ0) is 10.9. The maximum Gasteiger partial charge on any atom is 0.528 e. The Morgan fingerprint density at radius 1 is 0.786 bits per heavy atom. The molecule has 0 bridgehead atoms. The Hall–Kier alpha value is -0.683. The van der Waals surface area contributed by atoms with Crippen molar-refractivity contribution in [3.05, 3.63) is 36.1 Å². The van der Waals surface area contributed by atoms with Crippen LogP contribution in [0.2, 0.25) is 0 Å². The molecule has 0 aliphatic carbocycles. The zero-order valence-electron chi connectivity index (χ0n) is 9.19. The molecule has 4 heteroatoms. The largest absolute Gasteiger partial charge is 0.528 e. The highest BCUT2D eigenvalue weighted by Crippen LogP contribution is 2.07. The number of rotatable bonds is 6. The molecule has 0 fully saturated rings. The van der Waals surface area contributed by atoms with Crippen LogP contribution in [0.25, 0.3) is 0 Å². The summed E-state index contributed by atoms with van der Waals surface area (Å²) in [6.07, 6.45) is 9.59. The van der Waals surface area contributed by atoms with Crippen molar-refractivity contribution in [2.45, 2.75) is 6.92 Å². The van der Waals surface area contributed by atoms with Gasteiger partial charge in [0.2, 0.25) is 0 Å². The van der Waals surface area contributed by atoms with Crippen LogP contribution >= 0.6 is 0 Å². The van der Waals surface area contributed by atoms with Crippen LogP contribution in [-0.4, -0.2) is 30.1 Å². The lowest BCUT2D eigenvalue weighted by molar-refractivity contribution is 0.138. The standard InChI is InChI=1S/C10H18O3Si/c1-5-6-7-8-9-10-14(11-2,12-3)13-4/h5-10H,1-4H3. The zero-order valence-corrected chi connectivity index (χ0v) is 10.2. The maximum atomic E-state index is 5.20. The van der Waals surface area contributed by atoms with Gasteiger partial charge in [-0.05, 0) is 12.6 Å². The van der Waals surface area contributed by atoms with Gasteiger partial charge in [0, 0.05) is 21.3 Å². The van der Waals surface area contributed by atoms with Crippen molar-refractivity contribution in [1.82, 2.24) is 0 Å². The van der Waals surface area contributed by atoms with Gasteiger partial charge in [0.05, 0.1) is 0 Å². The van der Waals surface area contributed by atoms with Gasteiger partial charge in [0.25, 0.3) is 0 Å². The summed E-state index contributed by atoms with van der Waals surface area (Å²) in [5.41, 5.74) is 1.83. The molecule has 0 spiro atoms. The molecule has 0 aromatic rings. The molecular weight excluding hydrogens is 196 g/mol. The molecule has 0 radical (unpaired) electrons. The monoisotopic (exact) mass is 214 g/mol. The summed E-state index contributed by atoms with van der Waals surface area (Å²) < 4.78 is 15.6. The predicted molar refractivity (Wildman–Crippen MR) is 59.9 cm³/mol. The van der Waals surface area contributed by atoms with Crippen LogP contribution in [0.15, 0.2) is 36.1 Å². The minimum absolute atomic E-state index is 1.58. The van der Waals surface area contributed by atoms with Gasteiger partial charge in [0.15, 0.2) is 0 Å². The lowest BCUT2D eigenvalue weighted by Crippen LogP contribution is -2.40. The first-order valence-corrected chi connectivity index (χ1v) is 6.17. The van der Waals surface area contributed by atoms with Crippen LogP contribution in [0.3, 0.4) is 0 Å². The van der Waals surface area contributed by atoms with E-state index in [1.165, 1.54) is 0 Å². The van der Waals surface area contributed by atoms with E-state index in [4.69, 9.17) is 13.3 Å². The number of hydrogen-bond acceptors (Lipinski definition) is 3. The van der Waals surface area contributed by atoms with Crippen molar-refractivity contribution in [3.8, 4) is 0 Å². The molecule has 3 nitrogen and oxygen atoms in total. The van der Waals surface area contributed by atoms with Crippen molar-refractivity contribution in [2.24, 2.45) is 0 Å². The molecular formula is C10H18O3Si. The molecule has 80 valence electrons. The fourth-order valence-electron chi connectivity index (χ4n) is 0.867. The highest BCUT2D eigenvalue weighted by molar-refractivity contribution is 6.66. The van der Waals surface area contributed by atoms with E-state index >= 15 is 0 Å². The van der Waals surface area contributed by atoms with Gasteiger partial charge < -0.3 is 13.3 Å². The van der Waals surface area contributed by atoms with Crippen LogP contribution < -0.4 is 0 Å². The SMILES string of the molecule is CC=CC=CC=C[Si](OC)(OC)OC. The van der Waals surface area contributed by atoms with Crippen molar-refractivity contribution in [2.75, 3.05) is 21.3 Å². The highest BCUT2D eigenvalue weighted by atomic mass is 28.4. The van der Waals surface area contributed by atoms with Crippen molar-refractivity contribution in [3.63, 3.8) is 0 Å². The van der Waals surface area contributed by atoms with E-state index in [9.17, 15) is 0 Å². The third kappa shape index (κ3) is 4.52. The molecule has 0 aromatic heterocycles. The summed E-state index contributed by atoms with van der Waals surface area (Å²) in [5.74, 6) is 0. The minimum atomic E-state index is -2.53. The smallest absolute Gasteiger partial charge is 0.374 e. The summed E-state index contributed by atoms with van der Waals surface area (Å²) in [4.78, 5) is 0. The Balaban J connectivity index is 4.28. The first-order valence-electron chi connectivity index (χ1n) is 4.37. The van der Waals surface area contributed by atoms with Gasteiger partial charge in [-0.3, -0.25) is 0 Å². The van der Waals surface area contributed by atoms with Crippen LogP contribution in [0.1, 0.15) is 6.92 Å². The van der Waals surface area contributed by atoms with Crippen LogP contribution in [0.4, 0.5) is 0 Å². The Labute approximate surface area is 87.0 Å². The van der Waals surface area contributed by atoms with E-state index in [2.05, 4.69) is 0 Å². The molecule has 0 rings (SSSR count). The maximum absolute atomic E-state index is 5.20. The molecule has 0 N–H and O–H groups in total. The van der Waals surface area contributed by atoms with Crippen molar-refractivity contribution < 1.29 is 13.3 Å². The Morgan fingerprint density at radius 3 is 1.71 bits per heavy atom. The van der Waals surface area contributed by atoms with E-state index in [-0.39, 0.29) is 0 Å². The molecule has 0 aromatic carbocycles. The quantitative estimate of drug-likeness (QED) is 0.500. The topological polar surface area (TPSA) is 27.7 Å². The molecule has 0 aliphatic heterocycles. The average Bonchev–Trinajstić information content (AvgIpc) is 2.24. The Morgan fingerprint density at radius 2 is 1.29 bits per heavy atom. The second-order valence-electron chi connectivity index (χ2n) is 2.49. The molecule has 14 heavy (non-hydrogen) atoms. The molecule has 0 heterocycles. The van der Waals surface area contributed by atoms with E-state index in [0.29, 0.717) is 0 Å². The molecule has 0 unspecified atom stereocenters. The van der Waals surface area contributed by atoms with Crippen LogP contribution in [-0.2, 0) is 13.3 Å². The number of hydrogen-bond donors (Lipinski definition) is 0. The van der Waals surface area contributed by atoms with E-state index in [0.717, 1.165) is 0 Å². The normalized spacial score (nSPS) is 13.7. The summed E-state index contributed by atoms with van der Waals surface area (Å²) in [6.45, 7) is 1.96.